The molecule has 21 heteroatoms. The normalized spacial score (nSPS) is 9.71. The zero-order valence-electron chi connectivity index (χ0n) is 9.43. The first-order valence-electron chi connectivity index (χ1n) is 3.00. The van der Waals surface area contributed by atoms with Gasteiger partial charge in [0.2, 0.25) is 0 Å². The maximum atomic E-state index is 8.77. The molecule has 0 aliphatic heterocycles. The molecule has 0 bridgehead atoms. The molecule has 0 aromatic rings. The summed E-state index contributed by atoms with van der Waals surface area (Å²) in [6.07, 6.45) is 0. The second-order valence-electron chi connectivity index (χ2n) is 1.76. The van der Waals surface area contributed by atoms with E-state index in [4.69, 9.17) is 72.8 Å². The van der Waals surface area contributed by atoms with E-state index in [2.05, 4.69) is 0 Å². The number of hydrogen-bond acceptors (Lipinski definition) is 9. The van der Waals surface area contributed by atoms with Crippen molar-refractivity contribution in [1.82, 2.24) is 0 Å². The maximum Gasteiger partial charge on any atom is 3.00 e. The van der Waals surface area contributed by atoms with Crippen LogP contribution in [-0.2, 0) is 13.7 Å². The van der Waals surface area contributed by atoms with Gasteiger partial charge in [0.25, 0.3) is 23.5 Å². The van der Waals surface area contributed by atoms with E-state index in [0.29, 0.717) is 0 Å². The van der Waals surface area contributed by atoms with Crippen molar-refractivity contribution in [3.8, 4) is 0 Å². The van der Waals surface area contributed by atoms with Crippen molar-refractivity contribution in [2.45, 2.75) is 0 Å². The van der Waals surface area contributed by atoms with Crippen LogP contribution in [0.4, 0.5) is 0 Å². The second-order valence-corrected chi connectivity index (χ2v) is 4.70. The summed E-state index contributed by atoms with van der Waals surface area (Å²) in [5.41, 5.74) is 0. The quantitative estimate of drug-likeness (QED) is 0.161. The molecule has 0 aromatic heterocycles. The zero-order chi connectivity index (χ0) is 17.1. The third-order valence-electron chi connectivity index (χ3n) is 0. The van der Waals surface area contributed by atoms with Gasteiger partial charge < -0.3 is 59.1 Å². The summed E-state index contributed by atoms with van der Waals surface area (Å²) in [5.74, 6) is 0. The van der Waals surface area contributed by atoms with Gasteiger partial charge in [-0.3, -0.25) is 21.0 Å². The average molecular weight is 404 g/mol. The number of phosphoric acid groups is 3. The molecule has 0 radical (unpaired) electrons. The zero-order valence-corrected chi connectivity index (χ0v) is 14.4. The average Bonchev–Trinajstić information content (AvgIpc) is 1.66. The van der Waals surface area contributed by atoms with Crippen molar-refractivity contribution < 1.29 is 72.8 Å². The van der Waals surface area contributed by atoms with Gasteiger partial charge in [0.05, 0.1) is 0 Å². The monoisotopic (exact) mass is 404 g/mol. The topological polar surface area (TPSA) is 311 Å². The third kappa shape index (κ3) is 4450. The van der Waals surface area contributed by atoms with Crippen molar-refractivity contribution in [3.05, 3.63) is 0 Å². The molecule has 0 atom stereocenters. The molecule has 0 aliphatic rings. The molecule has 0 unspecified atom stereocenters. The Morgan fingerprint density at radius 3 is 0.571 bits per heavy atom. The van der Waals surface area contributed by atoms with Crippen LogP contribution < -0.4 is 29.8 Å². The van der Waals surface area contributed by atoms with E-state index in [1.54, 1.807) is 0 Å². The smallest absolute Gasteiger partial charge is 0.907 e. The first-order chi connectivity index (χ1) is 7.73. The minimum Gasteiger partial charge on any atom is -0.907 e. The molecule has 120 valence electrons. The van der Waals surface area contributed by atoms with E-state index < -0.39 is 30.8 Å². The summed E-state index contributed by atoms with van der Waals surface area (Å²) < 4.78 is 26.3. The van der Waals surface area contributed by atoms with Crippen molar-refractivity contribution >= 4 is 65.5 Å². The van der Waals surface area contributed by atoms with Crippen LogP contribution in [0.3, 0.4) is 0 Å². The van der Waals surface area contributed by atoms with E-state index in [1.807, 2.05) is 0 Å². The molecule has 0 aliphatic carbocycles. The third-order valence-corrected chi connectivity index (χ3v) is 0. The molecular weight excluding hydrogens is 398 g/mol. The first-order valence-corrected chi connectivity index (χ1v) is 7.59. The van der Waals surface area contributed by atoms with Gasteiger partial charge in [-0.25, -0.2) is 0 Å². The largest absolute Gasteiger partial charge is 3.00 e. The Labute approximate surface area is 138 Å². The molecule has 0 heterocycles. The van der Waals surface area contributed by atoms with Crippen LogP contribution in [0.2, 0.25) is 0 Å². The minimum absolute atomic E-state index is 0. The molecule has 0 saturated carbocycles. The second kappa shape index (κ2) is 17.7. The van der Waals surface area contributed by atoms with Crippen molar-refractivity contribution in [1.29, 1.82) is 0 Å². The van der Waals surface area contributed by atoms with Gasteiger partial charge in [0.1, 0.15) is 0 Å². The summed E-state index contributed by atoms with van der Waals surface area (Å²) >= 11 is 0. The Hall–Kier alpha value is 1.34. The van der Waals surface area contributed by atoms with Crippen LogP contribution in [0.1, 0.15) is 0 Å². The molecule has 21 heavy (non-hydrogen) atoms. The Balaban J connectivity index is -0.0000000347. The predicted molar refractivity (Wildman–Crippen MR) is 53.4 cm³/mol. The molecule has 0 saturated heterocycles. The van der Waals surface area contributed by atoms with Crippen LogP contribution in [0.15, 0.2) is 0 Å². The van der Waals surface area contributed by atoms with Crippen molar-refractivity contribution in [3.63, 3.8) is 0 Å². The van der Waals surface area contributed by atoms with Gasteiger partial charge in [-0.15, -0.1) is 0 Å². The Bertz CT molecular complexity index is 247. The SMILES string of the molecule is O=P([O-])(O)O.O=P([O-])(O)O.O=P([O-])(O)O.[Al+3].[Al+3].[O-]B([O-])[O-]. The van der Waals surface area contributed by atoms with Gasteiger partial charge in [0, 0.05) is 0 Å². The molecule has 6 N–H and O–H groups in total. The Morgan fingerprint density at radius 2 is 0.571 bits per heavy atom. The van der Waals surface area contributed by atoms with E-state index >= 15 is 0 Å². The molecule has 0 spiro atoms. The minimum atomic E-state index is -4.89. The van der Waals surface area contributed by atoms with Crippen LogP contribution in [0.5, 0.6) is 0 Å². The van der Waals surface area contributed by atoms with E-state index in [9.17, 15) is 0 Å². The summed E-state index contributed by atoms with van der Waals surface area (Å²) in [7, 11) is -17.6. The van der Waals surface area contributed by atoms with Crippen LogP contribution >= 0.6 is 23.5 Å². The summed E-state index contributed by atoms with van der Waals surface area (Å²) in [5, 5.41) is 25.2. The Morgan fingerprint density at radius 1 is 0.571 bits per heavy atom. The van der Waals surface area contributed by atoms with Crippen molar-refractivity contribution in [2.24, 2.45) is 0 Å². The maximum absolute atomic E-state index is 8.77. The first kappa shape index (κ1) is 38.1. The molecule has 0 rings (SSSR count). The van der Waals surface area contributed by atoms with Crippen LogP contribution in [-0.4, -0.2) is 71.4 Å². The van der Waals surface area contributed by atoms with Gasteiger partial charge >= 0.3 is 34.7 Å². The van der Waals surface area contributed by atoms with Crippen LogP contribution in [0, 0.1) is 0 Å². The number of hydrogen-bond donors (Lipinski definition) is 6. The predicted octanol–water partition coefficient (Wildman–Crippen LogP) is -9.39. The van der Waals surface area contributed by atoms with Gasteiger partial charge in [-0.05, 0) is 0 Å². The van der Waals surface area contributed by atoms with E-state index in [1.165, 1.54) is 0 Å². The number of rotatable bonds is 0. The summed E-state index contributed by atoms with van der Waals surface area (Å²) in [6.45, 7) is 0. The molecule has 0 amide bonds. The summed E-state index contributed by atoms with van der Waals surface area (Å²) in [6, 6.07) is 0. The molecule has 0 aromatic carbocycles. The fourth-order valence-electron chi connectivity index (χ4n) is 0. The van der Waals surface area contributed by atoms with Gasteiger partial charge in [-0.1, -0.05) is 0 Å². The Kier molecular flexibility index (Phi) is 32.1. The van der Waals surface area contributed by atoms with Crippen molar-refractivity contribution in [2.75, 3.05) is 0 Å². The molecule has 0 fully saturated rings. The molecule has 15 nitrogen and oxygen atoms in total. The van der Waals surface area contributed by atoms with Crippen LogP contribution in [0.25, 0.3) is 0 Å². The fraction of sp³-hybridized carbons (Fsp3) is 0. The standard InChI is InChI=1S/2Al.BO3.3H3O4P/c;;2-1(3)4;3*1-5(2,3)4/h;;;3*(H3,1,2,3,4)/q2*+3;-3;;;/p-3. The van der Waals surface area contributed by atoms with E-state index in [0.717, 1.165) is 0 Å². The fourth-order valence-corrected chi connectivity index (χ4v) is 0. The molecular formula is H6Al2BO15P3. The van der Waals surface area contributed by atoms with Gasteiger partial charge in [-0.2, -0.15) is 0 Å². The van der Waals surface area contributed by atoms with Gasteiger partial charge in [0.15, 0.2) is 0 Å². The summed E-state index contributed by atoms with van der Waals surface area (Å²) in [4.78, 5) is 68.8. The van der Waals surface area contributed by atoms with E-state index in [-0.39, 0.29) is 34.7 Å².